The van der Waals surface area contributed by atoms with Crippen LogP contribution in [0.25, 0.3) is 5.53 Å². The summed E-state index contributed by atoms with van der Waals surface area (Å²) >= 11 is 1.29. The van der Waals surface area contributed by atoms with Gasteiger partial charge in [-0.1, -0.05) is 12.1 Å². The van der Waals surface area contributed by atoms with Crippen molar-refractivity contribution in [1.82, 2.24) is 4.98 Å². The fourth-order valence-electron chi connectivity index (χ4n) is 1.47. The summed E-state index contributed by atoms with van der Waals surface area (Å²) in [6, 6.07) is 7.10. The van der Waals surface area contributed by atoms with E-state index < -0.39 is 5.97 Å². The second-order valence-electron chi connectivity index (χ2n) is 3.75. The molecule has 0 aliphatic carbocycles. The Hall–Kier alpha value is -2.50. The average Bonchev–Trinajstić information content (AvgIpc) is 3.00. The molecule has 0 radical (unpaired) electrons. The zero-order valence-electron chi connectivity index (χ0n) is 10.6. The normalized spacial score (nSPS) is 9.65. The van der Waals surface area contributed by atoms with Gasteiger partial charge in [-0.3, -0.25) is 0 Å². The summed E-state index contributed by atoms with van der Waals surface area (Å²) in [5.74, 6) is -0.00521. The molecule has 1 heterocycles. The molecule has 0 unspecified atom stereocenters. The molecule has 7 heteroatoms. The van der Waals surface area contributed by atoms with Crippen LogP contribution in [-0.4, -0.2) is 28.6 Å². The topological polar surface area (TPSA) is 84.8 Å². The van der Waals surface area contributed by atoms with Crippen molar-refractivity contribution in [3.63, 3.8) is 0 Å². The number of carbonyl (C=O) groups is 1. The third kappa shape index (κ3) is 3.28. The number of methoxy groups -OCH3 is 1. The average molecular weight is 289 g/mol. The summed E-state index contributed by atoms with van der Waals surface area (Å²) in [4.78, 5) is 18.6. The minimum absolute atomic E-state index is 0.0754. The van der Waals surface area contributed by atoms with E-state index in [0.29, 0.717) is 0 Å². The number of esters is 1. The molecule has 0 bridgehead atoms. The highest BCUT2D eigenvalue weighted by Crippen LogP contribution is 2.12. The number of rotatable bonds is 5. The van der Waals surface area contributed by atoms with Gasteiger partial charge in [0.05, 0.1) is 12.6 Å². The summed E-state index contributed by atoms with van der Waals surface area (Å²) in [6.45, 7) is 0.0754. The fraction of sp³-hybridized carbons (Fsp3) is 0.154. The Bertz CT molecular complexity index is 631. The highest BCUT2D eigenvalue weighted by atomic mass is 32.1. The molecule has 1 aromatic carbocycles. The molecule has 0 saturated carbocycles. The molecule has 0 atom stereocenters. The van der Waals surface area contributed by atoms with Gasteiger partial charge in [-0.05, 0) is 17.7 Å². The Morgan fingerprint density at radius 1 is 1.40 bits per heavy atom. The van der Waals surface area contributed by atoms with Crippen LogP contribution in [0.2, 0.25) is 0 Å². The standard InChI is InChI=1S/C13H11N3O3S/c1-18-10-4-2-9(3-5-10)6-19-13(17)12(16-14)11-7-20-8-15-11/h2-5,7-8H,6H2,1H3. The summed E-state index contributed by atoms with van der Waals surface area (Å²) < 4.78 is 10.1. The SMILES string of the molecule is COc1ccc(COC(=O)C(=[N+]=[N-])c2cscn2)cc1. The van der Waals surface area contributed by atoms with E-state index in [1.807, 2.05) is 0 Å². The number of hydrogen-bond donors (Lipinski definition) is 0. The number of hydrogen-bond acceptors (Lipinski definition) is 5. The number of thiazole rings is 1. The van der Waals surface area contributed by atoms with Crippen molar-refractivity contribution in [2.45, 2.75) is 6.61 Å². The van der Waals surface area contributed by atoms with Crippen LogP contribution in [-0.2, 0) is 16.1 Å². The van der Waals surface area contributed by atoms with E-state index in [2.05, 4.69) is 9.77 Å². The third-order valence-corrected chi connectivity index (χ3v) is 3.08. The van der Waals surface area contributed by atoms with Crippen molar-refractivity contribution < 1.29 is 19.1 Å². The first-order valence-corrected chi connectivity index (χ1v) is 6.59. The highest BCUT2D eigenvalue weighted by Gasteiger charge is 2.26. The lowest BCUT2D eigenvalue weighted by Crippen LogP contribution is -2.20. The summed E-state index contributed by atoms with van der Waals surface area (Å²) in [5, 5.41) is 1.60. The van der Waals surface area contributed by atoms with Crippen LogP contribution >= 0.6 is 11.3 Å². The van der Waals surface area contributed by atoms with E-state index in [1.165, 1.54) is 16.8 Å². The molecule has 0 aliphatic rings. The Balaban J connectivity index is 1.99. The van der Waals surface area contributed by atoms with Crippen molar-refractivity contribution in [1.29, 1.82) is 0 Å². The van der Waals surface area contributed by atoms with Crippen molar-refractivity contribution in [3.05, 3.63) is 51.9 Å². The van der Waals surface area contributed by atoms with Gasteiger partial charge < -0.3 is 15.0 Å². The van der Waals surface area contributed by atoms with Gasteiger partial charge in [0.15, 0.2) is 5.69 Å². The molecule has 20 heavy (non-hydrogen) atoms. The van der Waals surface area contributed by atoms with Crippen molar-refractivity contribution in [2.75, 3.05) is 7.11 Å². The Labute approximate surface area is 119 Å². The summed E-state index contributed by atoms with van der Waals surface area (Å²) in [7, 11) is 1.58. The van der Waals surface area contributed by atoms with Gasteiger partial charge in [-0.25, -0.2) is 9.78 Å². The largest absolute Gasteiger partial charge is 0.497 e. The maximum absolute atomic E-state index is 11.8. The van der Waals surface area contributed by atoms with Gasteiger partial charge >= 0.3 is 11.7 Å². The molecule has 0 amide bonds. The van der Waals surface area contributed by atoms with E-state index in [1.54, 1.807) is 36.8 Å². The maximum atomic E-state index is 11.8. The zero-order chi connectivity index (χ0) is 14.4. The molecular weight excluding hydrogens is 278 g/mol. The predicted octanol–water partition coefficient (Wildman–Crippen LogP) is 1.91. The lowest BCUT2D eigenvalue weighted by molar-refractivity contribution is -0.141. The van der Waals surface area contributed by atoms with Crippen LogP contribution in [0.1, 0.15) is 11.3 Å². The number of ether oxygens (including phenoxy) is 2. The molecule has 0 aliphatic heterocycles. The van der Waals surface area contributed by atoms with Crippen LogP contribution in [0.15, 0.2) is 35.2 Å². The number of aromatic nitrogens is 1. The second-order valence-corrected chi connectivity index (χ2v) is 4.47. The molecule has 0 N–H and O–H groups in total. The Kier molecular flexibility index (Phi) is 4.60. The van der Waals surface area contributed by atoms with Gasteiger partial charge in [-0.15, -0.1) is 11.3 Å². The van der Waals surface area contributed by atoms with E-state index in [4.69, 9.17) is 15.0 Å². The highest BCUT2D eigenvalue weighted by molar-refractivity contribution is 7.07. The molecule has 102 valence electrons. The van der Waals surface area contributed by atoms with Gasteiger partial charge in [0.2, 0.25) is 0 Å². The molecule has 0 fully saturated rings. The van der Waals surface area contributed by atoms with Crippen LogP contribution in [0.5, 0.6) is 5.75 Å². The molecular formula is C13H11N3O3S. The van der Waals surface area contributed by atoms with E-state index in [-0.39, 0.29) is 18.0 Å². The summed E-state index contributed by atoms with van der Waals surface area (Å²) in [5.41, 5.74) is 11.3. The van der Waals surface area contributed by atoms with Crippen LogP contribution in [0.4, 0.5) is 0 Å². The zero-order valence-corrected chi connectivity index (χ0v) is 11.5. The van der Waals surface area contributed by atoms with Gasteiger partial charge in [0, 0.05) is 5.38 Å². The number of carbonyl (C=O) groups excluding carboxylic acids is 1. The maximum Gasteiger partial charge on any atom is 0.425 e. The first kappa shape index (κ1) is 13.9. The minimum Gasteiger partial charge on any atom is -0.497 e. The first-order valence-electron chi connectivity index (χ1n) is 5.65. The molecule has 6 nitrogen and oxygen atoms in total. The molecule has 2 aromatic rings. The number of benzene rings is 1. The van der Waals surface area contributed by atoms with E-state index in [9.17, 15) is 4.79 Å². The quantitative estimate of drug-likeness (QED) is 0.364. The fourth-order valence-corrected chi connectivity index (χ4v) is 2.00. The van der Waals surface area contributed by atoms with E-state index >= 15 is 0 Å². The third-order valence-electron chi connectivity index (χ3n) is 2.50. The smallest absolute Gasteiger partial charge is 0.425 e. The molecule has 0 spiro atoms. The monoisotopic (exact) mass is 289 g/mol. The predicted molar refractivity (Wildman–Crippen MR) is 72.6 cm³/mol. The number of nitrogens with zero attached hydrogens (tertiary/aromatic N) is 3. The lowest BCUT2D eigenvalue weighted by atomic mass is 10.2. The summed E-state index contributed by atoms with van der Waals surface area (Å²) in [6.07, 6.45) is 0. The van der Waals surface area contributed by atoms with E-state index in [0.717, 1.165) is 11.3 Å². The van der Waals surface area contributed by atoms with Crippen LogP contribution in [0.3, 0.4) is 0 Å². The second kappa shape index (κ2) is 6.60. The molecule has 2 rings (SSSR count). The van der Waals surface area contributed by atoms with Gasteiger partial charge in [0.25, 0.3) is 0 Å². The Morgan fingerprint density at radius 2 is 2.15 bits per heavy atom. The van der Waals surface area contributed by atoms with Crippen molar-refractivity contribution >= 4 is 23.0 Å². The van der Waals surface area contributed by atoms with Crippen LogP contribution in [0, 0.1) is 0 Å². The minimum atomic E-state index is -0.728. The molecule has 0 saturated heterocycles. The van der Waals surface area contributed by atoms with Crippen molar-refractivity contribution in [3.8, 4) is 5.75 Å². The molecule has 1 aromatic heterocycles. The first-order chi connectivity index (χ1) is 9.74. The Morgan fingerprint density at radius 3 is 2.70 bits per heavy atom. The van der Waals surface area contributed by atoms with Gasteiger partial charge in [-0.2, -0.15) is 4.79 Å². The van der Waals surface area contributed by atoms with Crippen LogP contribution < -0.4 is 4.74 Å². The van der Waals surface area contributed by atoms with Gasteiger partial charge in [0.1, 0.15) is 12.4 Å². The van der Waals surface area contributed by atoms with Crippen molar-refractivity contribution in [2.24, 2.45) is 0 Å². The lowest BCUT2D eigenvalue weighted by Gasteiger charge is -2.03.